The maximum Gasteiger partial charge on any atom is 1.00 e. The zero-order chi connectivity index (χ0) is 24.6. The smallest absolute Gasteiger partial charge is 0.497 e. The maximum atomic E-state index is 14.7. The van der Waals surface area contributed by atoms with Crippen LogP contribution < -0.4 is 65.8 Å². The summed E-state index contributed by atoms with van der Waals surface area (Å²) in [5.41, 5.74) is 2.18. The first-order valence-electron chi connectivity index (χ1n) is 12.1. The Labute approximate surface area is 257 Å². The van der Waals surface area contributed by atoms with Crippen LogP contribution in [0.1, 0.15) is 23.3 Å². The molecule has 9 heteroatoms. The van der Waals surface area contributed by atoms with Gasteiger partial charge in [0.05, 0.1) is 18.9 Å². The van der Waals surface area contributed by atoms with Gasteiger partial charge < -0.3 is 24.3 Å². The second-order valence-electron chi connectivity index (χ2n) is 9.11. The van der Waals surface area contributed by atoms with Crippen LogP contribution in [0, 0.1) is 11.9 Å². The number of aromatic nitrogens is 2. The van der Waals surface area contributed by atoms with E-state index in [1.165, 1.54) is 0 Å². The number of pyridine rings is 1. The van der Waals surface area contributed by atoms with Gasteiger partial charge in [-0.1, -0.05) is 23.6 Å². The number of benzene rings is 2. The van der Waals surface area contributed by atoms with E-state index in [2.05, 4.69) is 20.9 Å². The molecule has 0 spiro atoms. The van der Waals surface area contributed by atoms with Crippen molar-refractivity contribution in [3.05, 3.63) is 72.3 Å². The van der Waals surface area contributed by atoms with E-state index in [0.29, 0.717) is 43.0 Å². The molecule has 37 heavy (non-hydrogen) atoms. The molecule has 0 radical (unpaired) electrons. The van der Waals surface area contributed by atoms with Gasteiger partial charge in [0.1, 0.15) is 5.75 Å². The number of rotatable bonds is 6. The zero-order valence-electron chi connectivity index (χ0n) is 21.0. The fourth-order valence-corrected chi connectivity index (χ4v) is 4.70. The summed E-state index contributed by atoms with van der Waals surface area (Å²) >= 11 is 0. The summed E-state index contributed by atoms with van der Waals surface area (Å²) in [6.07, 6.45) is 4.22. The summed E-state index contributed by atoms with van der Waals surface area (Å²) in [5, 5.41) is 0.619. The van der Waals surface area contributed by atoms with Gasteiger partial charge in [0.2, 0.25) is 0 Å². The van der Waals surface area contributed by atoms with Crippen LogP contribution in [0.4, 0.5) is 10.2 Å². The van der Waals surface area contributed by atoms with E-state index >= 15 is 0 Å². The van der Waals surface area contributed by atoms with Crippen molar-refractivity contribution in [3.63, 3.8) is 0 Å². The zero-order valence-corrected chi connectivity index (χ0v) is 24.1. The number of para-hydroxylation sites is 1. The second kappa shape index (κ2) is 11.1. The van der Waals surface area contributed by atoms with Crippen molar-refractivity contribution in [2.45, 2.75) is 18.9 Å². The normalized spacial score (nSPS) is 15.4. The number of carbonyl (C=O) groups is 1. The number of hydrogen-bond donors (Lipinski definition) is 1. The van der Waals surface area contributed by atoms with Gasteiger partial charge in [0.25, 0.3) is 5.91 Å². The fraction of sp³-hybridized carbons (Fsp3) is 0.286. The van der Waals surface area contributed by atoms with Gasteiger partial charge in [0.15, 0.2) is 11.6 Å². The third-order valence-electron chi connectivity index (χ3n) is 6.73. The summed E-state index contributed by atoms with van der Waals surface area (Å²) < 4.78 is 26.2. The van der Waals surface area contributed by atoms with Gasteiger partial charge in [-0.15, -0.1) is 11.6 Å². The molecule has 2 fully saturated rings. The number of methoxy groups -OCH3 is 1. The van der Waals surface area contributed by atoms with E-state index in [9.17, 15) is 9.18 Å². The molecule has 6 rings (SSSR count). The van der Waals surface area contributed by atoms with E-state index in [1.807, 2.05) is 36.4 Å². The Bertz CT molecular complexity index is 1430. The molecule has 1 aliphatic heterocycles. The molecule has 0 unspecified atom stereocenters. The van der Waals surface area contributed by atoms with Gasteiger partial charge in [-0.05, 0) is 48.2 Å². The average molecular weight is 525 g/mol. The molecule has 1 saturated heterocycles. The predicted octanol–water partition coefficient (Wildman–Crippen LogP) is 1.69. The van der Waals surface area contributed by atoms with Crippen molar-refractivity contribution in [1.82, 2.24) is 14.9 Å². The number of piperazine rings is 1. The van der Waals surface area contributed by atoms with E-state index in [1.54, 1.807) is 30.3 Å². The van der Waals surface area contributed by atoms with Crippen LogP contribution in [0.15, 0.2) is 54.7 Å². The van der Waals surface area contributed by atoms with Crippen molar-refractivity contribution in [2.24, 2.45) is 0 Å². The number of hydrogen-bond acceptors (Lipinski definition) is 5. The van der Waals surface area contributed by atoms with Crippen LogP contribution in [-0.4, -0.2) is 60.2 Å². The summed E-state index contributed by atoms with van der Waals surface area (Å²) in [4.78, 5) is 24.9. The SMILES string of the molecule is COc1ccccc1-c1c[c-]c(F)c2[nH]c(C(=O)N3CCN(c4ncccc4OC4CC4)CC3)cc12.[K+]. The number of H-pyrrole nitrogens is 1. The van der Waals surface area contributed by atoms with Gasteiger partial charge in [0, 0.05) is 38.2 Å². The van der Waals surface area contributed by atoms with Crippen molar-refractivity contribution in [1.29, 1.82) is 0 Å². The maximum absolute atomic E-state index is 14.7. The second-order valence-corrected chi connectivity index (χ2v) is 9.11. The van der Waals surface area contributed by atoms with E-state index in [-0.39, 0.29) is 68.9 Å². The molecular formula is C28H26FKN4O3. The standard InChI is InChI=1S/C28H26FN4O3.K/c1-35-24-6-3-2-5-20(24)19-10-11-22(29)26-21(19)17-23(31-26)28(34)33-15-13-32(14-16-33)27-25(7-4-12-30-27)36-18-8-9-18;/h2-7,10,12,17-18,31H,8-9,13-16H2,1H3;/q-1;+1. The van der Waals surface area contributed by atoms with Gasteiger partial charge >= 0.3 is 51.4 Å². The number of carbonyl (C=O) groups excluding carboxylic acids is 1. The molecule has 0 atom stereocenters. The van der Waals surface area contributed by atoms with Gasteiger partial charge in [-0.2, -0.15) is 6.07 Å². The minimum Gasteiger partial charge on any atom is -0.497 e. The topological polar surface area (TPSA) is 70.7 Å². The average Bonchev–Trinajstić information content (AvgIpc) is 3.62. The minimum absolute atomic E-state index is 0. The minimum atomic E-state index is -0.522. The van der Waals surface area contributed by atoms with E-state index in [4.69, 9.17) is 9.47 Å². The van der Waals surface area contributed by atoms with Crippen LogP contribution in [0.2, 0.25) is 0 Å². The molecule has 1 N–H and O–H groups in total. The third kappa shape index (κ3) is 5.28. The largest absolute Gasteiger partial charge is 1.00 e. The first kappa shape index (κ1) is 26.2. The van der Waals surface area contributed by atoms with E-state index < -0.39 is 5.82 Å². The number of halogens is 1. The quantitative estimate of drug-likeness (QED) is 0.307. The number of amides is 1. The molecule has 1 saturated carbocycles. The number of nitrogens with zero attached hydrogens (tertiary/aromatic N) is 3. The van der Waals surface area contributed by atoms with Crippen LogP contribution in [0.25, 0.3) is 22.0 Å². The summed E-state index contributed by atoms with van der Waals surface area (Å²) in [6, 6.07) is 17.4. The molecule has 2 aromatic heterocycles. The molecule has 7 nitrogen and oxygen atoms in total. The Kier molecular flexibility index (Phi) is 7.87. The van der Waals surface area contributed by atoms with Crippen molar-refractivity contribution in [2.75, 3.05) is 38.2 Å². The van der Waals surface area contributed by atoms with Crippen LogP contribution in [0.3, 0.4) is 0 Å². The van der Waals surface area contributed by atoms with E-state index in [0.717, 1.165) is 35.5 Å². The first-order chi connectivity index (χ1) is 17.6. The van der Waals surface area contributed by atoms with Crippen LogP contribution >= 0.6 is 0 Å². The molecule has 2 aromatic carbocycles. The number of nitrogens with one attached hydrogen (secondary N) is 1. The Morgan fingerprint density at radius 2 is 1.84 bits per heavy atom. The molecule has 1 amide bonds. The number of fused-ring (bicyclic) bond motifs is 1. The van der Waals surface area contributed by atoms with Crippen LogP contribution in [0.5, 0.6) is 11.5 Å². The third-order valence-corrected chi connectivity index (χ3v) is 6.73. The summed E-state index contributed by atoms with van der Waals surface area (Å²) in [7, 11) is 1.60. The Balaban J connectivity index is 0.00000280. The summed E-state index contributed by atoms with van der Waals surface area (Å²) in [5.74, 6) is 1.60. The molecule has 0 bridgehead atoms. The molecule has 2 aliphatic rings. The molecular weight excluding hydrogens is 498 g/mol. The number of ether oxygens (including phenoxy) is 2. The molecule has 184 valence electrons. The molecule has 1 aliphatic carbocycles. The van der Waals surface area contributed by atoms with Crippen LogP contribution in [-0.2, 0) is 0 Å². The van der Waals surface area contributed by atoms with Crippen molar-refractivity contribution < 1.29 is 70.0 Å². The predicted molar refractivity (Wildman–Crippen MR) is 135 cm³/mol. The monoisotopic (exact) mass is 524 g/mol. The number of aromatic amines is 1. The van der Waals surface area contributed by atoms with Crippen molar-refractivity contribution in [3.8, 4) is 22.6 Å². The van der Waals surface area contributed by atoms with Gasteiger partial charge in [-0.25, -0.2) is 9.37 Å². The Morgan fingerprint density at radius 3 is 2.59 bits per heavy atom. The van der Waals surface area contributed by atoms with Gasteiger partial charge in [-0.3, -0.25) is 4.79 Å². The summed E-state index contributed by atoms with van der Waals surface area (Å²) in [6.45, 7) is 2.33. The molecule has 3 heterocycles. The Hall–Kier alpha value is -2.43. The van der Waals surface area contributed by atoms with Crippen molar-refractivity contribution >= 4 is 22.6 Å². The fourth-order valence-electron chi connectivity index (χ4n) is 4.70. The number of anilines is 1. The molecule has 4 aromatic rings. The first-order valence-corrected chi connectivity index (χ1v) is 12.1. The Morgan fingerprint density at radius 1 is 1.08 bits per heavy atom.